The number of furan rings is 1. The molecule has 10 heteroatoms. The van der Waals surface area contributed by atoms with Crippen LogP contribution in [0.25, 0.3) is 0 Å². The van der Waals surface area contributed by atoms with Crippen LogP contribution in [0.2, 0.25) is 10.0 Å². The maximum atomic E-state index is 12.5. The molecule has 0 radical (unpaired) electrons. The number of carbonyl (C=O) groups excluding carboxylic acids is 1. The van der Waals surface area contributed by atoms with E-state index in [-0.39, 0.29) is 18.3 Å². The summed E-state index contributed by atoms with van der Waals surface area (Å²) in [6.45, 7) is 2.66. The van der Waals surface area contributed by atoms with E-state index in [1.54, 1.807) is 24.5 Å². The zero-order valence-electron chi connectivity index (χ0n) is 17.6. The molecule has 1 N–H and O–H groups in total. The Bertz CT molecular complexity index is 1210. The molecule has 0 aliphatic heterocycles. The fraction of sp³-hybridized carbons (Fsp3) is 0.174. The summed E-state index contributed by atoms with van der Waals surface area (Å²) in [7, 11) is 0. The minimum Gasteiger partial charge on any atom is -0.486 e. The smallest absolute Gasteiger partial charge is 0.234 e. The molecule has 0 fully saturated rings. The molecular weight excluding hydrogens is 483 g/mol. The van der Waals surface area contributed by atoms with E-state index < -0.39 is 0 Å². The third-order valence-corrected chi connectivity index (χ3v) is 5.96. The Balaban J connectivity index is 1.44. The number of aryl methyl sites for hydroxylation is 1. The number of amides is 1. The maximum absolute atomic E-state index is 12.5. The summed E-state index contributed by atoms with van der Waals surface area (Å²) >= 11 is 13.3. The van der Waals surface area contributed by atoms with Gasteiger partial charge >= 0.3 is 0 Å². The van der Waals surface area contributed by atoms with Gasteiger partial charge in [-0.2, -0.15) is 0 Å². The Morgan fingerprint density at radius 3 is 2.58 bits per heavy atom. The van der Waals surface area contributed by atoms with Gasteiger partial charge in [0.05, 0.1) is 18.6 Å². The van der Waals surface area contributed by atoms with E-state index in [0.29, 0.717) is 33.3 Å². The number of halogens is 2. The highest BCUT2D eigenvalue weighted by Gasteiger charge is 2.16. The molecule has 170 valence electrons. The first-order chi connectivity index (χ1) is 16.0. The summed E-state index contributed by atoms with van der Waals surface area (Å²) in [4.78, 5) is 12.5. The van der Waals surface area contributed by atoms with Gasteiger partial charge in [0.2, 0.25) is 5.91 Å². The van der Waals surface area contributed by atoms with Crippen molar-refractivity contribution in [2.24, 2.45) is 0 Å². The SMILES string of the molecule is Cc1ccc(OCc2nnc(SCC(=O)Nc3cc(Cl)cc(Cl)c3)n2Cc2ccco2)cc1. The molecule has 0 saturated carbocycles. The molecule has 2 aromatic heterocycles. The summed E-state index contributed by atoms with van der Waals surface area (Å²) < 4.78 is 13.2. The van der Waals surface area contributed by atoms with Gasteiger partial charge in [-0.1, -0.05) is 52.7 Å². The number of rotatable bonds is 9. The largest absolute Gasteiger partial charge is 0.486 e. The molecule has 0 aliphatic rings. The minimum atomic E-state index is -0.219. The molecular formula is C23H20Cl2N4O3S. The van der Waals surface area contributed by atoms with E-state index in [1.165, 1.54) is 11.8 Å². The molecule has 0 unspecified atom stereocenters. The van der Waals surface area contributed by atoms with E-state index in [0.717, 1.165) is 17.1 Å². The summed E-state index contributed by atoms with van der Waals surface area (Å²) in [5, 5.41) is 12.8. The highest BCUT2D eigenvalue weighted by atomic mass is 35.5. The molecule has 33 heavy (non-hydrogen) atoms. The number of carbonyl (C=O) groups is 1. The molecule has 0 saturated heterocycles. The van der Waals surface area contributed by atoms with Gasteiger partial charge in [-0.25, -0.2) is 0 Å². The van der Waals surface area contributed by atoms with Crippen molar-refractivity contribution in [3.05, 3.63) is 88.1 Å². The fourth-order valence-electron chi connectivity index (χ4n) is 2.99. The molecule has 1 amide bonds. The summed E-state index contributed by atoms with van der Waals surface area (Å²) in [6.07, 6.45) is 1.61. The fourth-order valence-corrected chi connectivity index (χ4v) is 4.27. The number of hydrogen-bond donors (Lipinski definition) is 1. The van der Waals surface area contributed by atoms with E-state index in [1.807, 2.05) is 47.9 Å². The van der Waals surface area contributed by atoms with Gasteiger partial charge in [0.1, 0.15) is 18.1 Å². The van der Waals surface area contributed by atoms with Crippen LogP contribution < -0.4 is 10.1 Å². The van der Waals surface area contributed by atoms with Crippen molar-refractivity contribution in [1.29, 1.82) is 0 Å². The third-order valence-electron chi connectivity index (χ3n) is 4.56. The van der Waals surface area contributed by atoms with E-state index in [9.17, 15) is 4.79 Å². The Morgan fingerprint density at radius 2 is 1.88 bits per heavy atom. The van der Waals surface area contributed by atoms with Crippen molar-refractivity contribution in [3.63, 3.8) is 0 Å². The Morgan fingerprint density at radius 1 is 1.12 bits per heavy atom. The van der Waals surface area contributed by atoms with Gasteiger partial charge in [0.15, 0.2) is 11.0 Å². The molecule has 2 aromatic carbocycles. The highest BCUT2D eigenvalue weighted by molar-refractivity contribution is 7.99. The Hall–Kier alpha value is -2.94. The molecule has 0 atom stereocenters. The second kappa shape index (κ2) is 10.8. The molecule has 4 rings (SSSR count). The second-order valence-electron chi connectivity index (χ2n) is 7.16. The van der Waals surface area contributed by atoms with Gasteiger partial charge in [0, 0.05) is 15.7 Å². The van der Waals surface area contributed by atoms with Crippen molar-refractivity contribution in [2.75, 3.05) is 11.1 Å². The first-order valence-electron chi connectivity index (χ1n) is 9.99. The number of nitrogens with one attached hydrogen (secondary N) is 1. The van der Waals surface area contributed by atoms with Crippen LogP contribution in [-0.4, -0.2) is 26.4 Å². The Labute approximate surface area is 205 Å². The number of benzene rings is 2. The lowest BCUT2D eigenvalue weighted by Gasteiger charge is -2.10. The number of aromatic nitrogens is 3. The highest BCUT2D eigenvalue weighted by Crippen LogP contribution is 2.24. The van der Waals surface area contributed by atoms with Crippen LogP contribution >= 0.6 is 35.0 Å². The van der Waals surface area contributed by atoms with E-state index >= 15 is 0 Å². The van der Waals surface area contributed by atoms with Crippen LogP contribution in [0.15, 0.2) is 70.4 Å². The van der Waals surface area contributed by atoms with E-state index in [2.05, 4.69) is 15.5 Å². The van der Waals surface area contributed by atoms with Crippen molar-refractivity contribution in [2.45, 2.75) is 25.2 Å². The number of thioether (sulfide) groups is 1. The average molecular weight is 503 g/mol. The number of anilines is 1. The zero-order valence-corrected chi connectivity index (χ0v) is 20.0. The van der Waals surface area contributed by atoms with Crippen LogP contribution in [0.1, 0.15) is 17.1 Å². The first-order valence-corrected chi connectivity index (χ1v) is 11.7. The topological polar surface area (TPSA) is 82.2 Å². The van der Waals surface area contributed by atoms with Crippen LogP contribution in [0.3, 0.4) is 0 Å². The van der Waals surface area contributed by atoms with E-state index in [4.69, 9.17) is 32.4 Å². The van der Waals surface area contributed by atoms with Crippen LogP contribution in [0.5, 0.6) is 5.75 Å². The minimum absolute atomic E-state index is 0.124. The van der Waals surface area contributed by atoms with Gasteiger partial charge in [-0.3, -0.25) is 9.36 Å². The number of ether oxygens (including phenoxy) is 1. The number of hydrogen-bond acceptors (Lipinski definition) is 6. The van der Waals surface area contributed by atoms with Crippen LogP contribution in [-0.2, 0) is 17.9 Å². The van der Waals surface area contributed by atoms with Gasteiger partial charge in [-0.15, -0.1) is 10.2 Å². The lowest BCUT2D eigenvalue weighted by Crippen LogP contribution is -2.15. The lowest BCUT2D eigenvalue weighted by atomic mass is 10.2. The van der Waals surface area contributed by atoms with Gasteiger partial charge in [-0.05, 0) is 49.4 Å². The molecule has 4 aromatic rings. The summed E-state index contributed by atoms with van der Waals surface area (Å²) in [5.41, 5.74) is 1.68. The third kappa shape index (κ3) is 6.54. The second-order valence-corrected chi connectivity index (χ2v) is 8.98. The normalized spacial score (nSPS) is 10.9. The standard InChI is InChI=1S/C23H20Cl2N4O3S/c1-15-4-6-19(7-5-15)32-13-21-27-28-23(29(21)12-20-3-2-8-31-20)33-14-22(30)26-18-10-16(24)9-17(25)11-18/h2-11H,12-14H2,1H3,(H,26,30). The zero-order chi connectivity index (χ0) is 23.2. The van der Waals surface area contributed by atoms with Crippen molar-refractivity contribution < 1.29 is 13.9 Å². The number of nitrogens with zero attached hydrogens (tertiary/aromatic N) is 3. The van der Waals surface area contributed by atoms with Crippen LogP contribution in [0, 0.1) is 6.92 Å². The Kier molecular flexibility index (Phi) is 7.59. The lowest BCUT2D eigenvalue weighted by molar-refractivity contribution is -0.113. The molecule has 2 heterocycles. The first kappa shape index (κ1) is 23.2. The summed E-state index contributed by atoms with van der Waals surface area (Å²) in [6, 6.07) is 16.3. The molecule has 7 nitrogen and oxygen atoms in total. The average Bonchev–Trinajstić information content (AvgIpc) is 3.42. The predicted molar refractivity (Wildman–Crippen MR) is 129 cm³/mol. The molecule has 0 bridgehead atoms. The monoisotopic (exact) mass is 502 g/mol. The van der Waals surface area contributed by atoms with Crippen molar-refractivity contribution in [3.8, 4) is 5.75 Å². The summed E-state index contributed by atoms with van der Waals surface area (Å²) in [5.74, 6) is 2.01. The van der Waals surface area contributed by atoms with Crippen LogP contribution in [0.4, 0.5) is 5.69 Å². The molecule has 0 aliphatic carbocycles. The van der Waals surface area contributed by atoms with Gasteiger partial charge in [0.25, 0.3) is 0 Å². The quantitative estimate of drug-likeness (QED) is 0.289. The van der Waals surface area contributed by atoms with Crippen molar-refractivity contribution >= 4 is 46.6 Å². The van der Waals surface area contributed by atoms with Crippen molar-refractivity contribution in [1.82, 2.24) is 14.8 Å². The maximum Gasteiger partial charge on any atom is 0.234 e. The predicted octanol–water partition coefficient (Wildman–Crippen LogP) is 5.84. The molecule has 0 spiro atoms. The van der Waals surface area contributed by atoms with Gasteiger partial charge < -0.3 is 14.5 Å².